The molecule has 0 spiro atoms. The summed E-state index contributed by atoms with van der Waals surface area (Å²) in [6.45, 7) is 4.64. The fourth-order valence-electron chi connectivity index (χ4n) is 4.02. The Morgan fingerprint density at radius 2 is 1.91 bits per heavy atom. The van der Waals surface area contributed by atoms with Crippen LogP contribution in [0.1, 0.15) is 43.0 Å². The second-order valence-corrected chi connectivity index (χ2v) is 11.5. The highest BCUT2D eigenvalue weighted by molar-refractivity contribution is 7.99. The molecule has 2 heterocycles. The molecular formula is C28H31NO3S3. The van der Waals surface area contributed by atoms with Crippen molar-refractivity contribution in [2.45, 2.75) is 57.0 Å². The average molecular weight is 526 g/mol. The number of aryl methyl sites for hydroxylation is 2. The zero-order valence-corrected chi connectivity index (χ0v) is 22.6. The lowest BCUT2D eigenvalue weighted by atomic mass is 10.1. The predicted octanol–water partition coefficient (Wildman–Crippen LogP) is 7.73. The number of thioether (sulfide) groups is 1. The normalized spacial score (nSPS) is 12.3. The number of fused-ring (bicyclic) bond motifs is 1. The summed E-state index contributed by atoms with van der Waals surface area (Å²) in [6, 6.07) is 16.9. The Labute approximate surface area is 219 Å². The maximum atomic E-state index is 11.7. The summed E-state index contributed by atoms with van der Waals surface area (Å²) in [6.07, 6.45) is 3.42. The van der Waals surface area contributed by atoms with E-state index in [0.29, 0.717) is 13.0 Å². The van der Waals surface area contributed by atoms with Gasteiger partial charge in [-0.05, 0) is 47.9 Å². The lowest BCUT2D eigenvalue weighted by Crippen LogP contribution is -2.26. The SMILES string of the molecule is CCCO[C@@H](Cc1ccc(SCCc2nc(CCC)sc2-c2ccccc2)c2ccsc12)C(=O)O. The Hall–Kier alpha value is -2.19. The minimum absolute atomic E-state index is 0.386. The molecule has 0 bridgehead atoms. The van der Waals surface area contributed by atoms with Gasteiger partial charge in [0.15, 0.2) is 6.10 Å². The third kappa shape index (κ3) is 6.53. The van der Waals surface area contributed by atoms with Crippen LogP contribution >= 0.6 is 34.4 Å². The maximum absolute atomic E-state index is 11.7. The molecule has 0 unspecified atom stereocenters. The highest BCUT2D eigenvalue weighted by Gasteiger charge is 2.21. The molecule has 0 amide bonds. The zero-order chi connectivity index (χ0) is 24.6. The fraction of sp³-hybridized carbons (Fsp3) is 0.357. The van der Waals surface area contributed by atoms with Crippen molar-refractivity contribution in [2.75, 3.05) is 12.4 Å². The third-order valence-electron chi connectivity index (χ3n) is 5.70. The van der Waals surface area contributed by atoms with Crippen molar-refractivity contribution in [2.24, 2.45) is 0 Å². The summed E-state index contributed by atoms with van der Waals surface area (Å²) in [5.74, 6) is 0.0399. The molecule has 0 aliphatic rings. The summed E-state index contributed by atoms with van der Waals surface area (Å²) >= 11 is 5.34. The van der Waals surface area contributed by atoms with Crippen LogP contribution in [-0.2, 0) is 28.8 Å². The van der Waals surface area contributed by atoms with Gasteiger partial charge in [0.05, 0.1) is 15.6 Å². The highest BCUT2D eigenvalue weighted by Crippen LogP contribution is 2.36. The molecule has 4 aromatic rings. The standard InChI is InChI=1S/C28H31NO3S3/c1-3-8-25-29-22(27(35-25)19-9-6-5-7-10-19)14-17-33-24-12-11-20(26-21(24)13-16-34-26)18-23(28(30)31)32-15-4-2/h5-7,9-13,16,23H,3-4,8,14-15,17-18H2,1-2H3,(H,30,31)/t23-/m0/s1. The van der Waals surface area contributed by atoms with E-state index in [2.05, 4.69) is 60.8 Å². The molecule has 184 valence electrons. The molecule has 35 heavy (non-hydrogen) atoms. The van der Waals surface area contributed by atoms with E-state index in [1.165, 1.54) is 31.4 Å². The first-order valence-electron chi connectivity index (χ1n) is 12.1. The second-order valence-electron chi connectivity index (χ2n) is 8.39. The molecule has 7 heteroatoms. The summed E-state index contributed by atoms with van der Waals surface area (Å²) < 4.78 is 6.74. The second kappa shape index (κ2) is 12.7. The average Bonchev–Trinajstić information content (AvgIpc) is 3.51. The Morgan fingerprint density at radius 3 is 2.66 bits per heavy atom. The number of nitrogens with zero attached hydrogens (tertiary/aromatic N) is 1. The first kappa shape index (κ1) is 25.9. The van der Waals surface area contributed by atoms with Crippen LogP contribution < -0.4 is 0 Å². The number of carboxylic acid groups (broad SMARTS) is 1. The van der Waals surface area contributed by atoms with E-state index in [9.17, 15) is 9.90 Å². The van der Waals surface area contributed by atoms with Crippen LogP contribution in [0.5, 0.6) is 0 Å². The lowest BCUT2D eigenvalue weighted by molar-refractivity contribution is -0.150. The lowest BCUT2D eigenvalue weighted by Gasteiger charge is -2.14. The van der Waals surface area contributed by atoms with Gasteiger partial charge in [-0.25, -0.2) is 9.78 Å². The summed E-state index contributed by atoms with van der Waals surface area (Å²) in [4.78, 5) is 19.2. The van der Waals surface area contributed by atoms with Crippen molar-refractivity contribution in [1.29, 1.82) is 0 Å². The number of carboxylic acids is 1. The highest BCUT2D eigenvalue weighted by atomic mass is 32.2. The number of aliphatic carboxylic acids is 1. The summed E-state index contributed by atoms with van der Waals surface area (Å²) in [5, 5.41) is 14.1. The van der Waals surface area contributed by atoms with E-state index in [1.54, 1.807) is 11.3 Å². The van der Waals surface area contributed by atoms with E-state index in [-0.39, 0.29) is 0 Å². The van der Waals surface area contributed by atoms with E-state index < -0.39 is 12.1 Å². The van der Waals surface area contributed by atoms with Crippen molar-refractivity contribution in [3.05, 3.63) is 70.2 Å². The van der Waals surface area contributed by atoms with E-state index in [0.717, 1.165) is 41.7 Å². The van der Waals surface area contributed by atoms with Crippen molar-refractivity contribution < 1.29 is 14.6 Å². The molecule has 0 aliphatic carbocycles. The Bertz CT molecular complexity index is 1250. The largest absolute Gasteiger partial charge is 0.479 e. The van der Waals surface area contributed by atoms with Gasteiger partial charge < -0.3 is 9.84 Å². The van der Waals surface area contributed by atoms with Gasteiger partial charge in [0.2, 0.25) is 0 Å². The number of benzene rings is 2. The number of carbonyl (C=O) groups is 1. The summed E-state index contributed by atoms with van der Waals surface area (Å²) in [5.41, 5.74) is 3.47. The van der Waals surface area contributed by atoms with Crippen LogP contribution in [0.25, 0.3) is 20.5 Å². The first-order valence-corrected chi connectivity index (χ1v) is 14.8. The van der Waals surface area contributed by atoms with Crippen molar-refractivity contribution in [3.8, 4) is 10.4 Å². The topological polar surface area (TPSA) is 59.4 Å². The van der Waals surface area contributed by atoms with Gasteiger partial charge in [-0.1, -0.05) is 50.2 Å². The van der Waals surface area contributed by atoms with Crippen LogP contribution in [-0.4, -0.2) is 34.5 Å². The van der Waals surface area contributed by atoms with Gasteiger partial charge in [0.25, 0.3) is 0 Å². The molecule has 0 saturated heterocycles. The van der Waals surface area contributed by atoms with Gasteiger partial charge in [-0.2, -0.15) is 0 Å². The number of thiazole rings is 1. The number of rotatable bonds is 13. The Morgan fingerprint density at radius 1 is 1.09 bits per heavy atom. The predicted molar refractivity (Wildman–Crippen MR) is 149 cm³/mol. The number of ether oxygens (including phenoxy) is 1. The van der Waals surface area contributed by atoms with Crippen LogP contribution in [0.2, 0.25) is 0 Å². The van der Waals surface area contributed by atoms with E-state index >= 15 is 0 Å². The molecule has 0 aliphatic heterocycles. The fourth-order valence-corrected chi connectivity index (χ4v) is 7.26. The Balaban J connectivity index is 1.49. The number of thiophene rings is 1. The maximum Gasteiger partial charge on any atom is 0.333 e. The summed E-state index contributed by atoms with van der Waals surface area (Å²) in [7, 11) is 0. The minimum atomic E-state index is -0.901. The molecule has 2 aromatic carbocycles. The molecule has 2 aromatic heterocycles. The van der Waals surface area contributed by atoms with Crippen LogP contribution in [0.15, 0.2) is 58.8 Å². The quantitative estimate of drug-likeness (QED) is 0.181. The number of hydrogen-bond acceptors (Lipinski definition) is 6. The third-order valence-corrected chi connectivity index (χ3v) is 8.97. The van der Waals surface area contributed by atoms with Gasteiger partial charge in [-0.15, -0.1) is 34.4 Å². The Kier molecular flexibility index (Phi) is 9.38. The molecule has 1 N–H and O–H groups in total. The van der Waals surface area contributed by atoms with Gasteiger partial charge >= 0.3 is 5.97 Å². The van der Waals surface area contributed by atoms with Gasteiger partial charge in [-0.3, -0.25) is 0 Å². The zero-order valence-electron chi connectivity index (χ0n) is 20.2. The molecule has 4 nitrogen and oxygen atoms in total. The molecule has 1 atom stereocenters. The molecular weight excluding hydrogens is 495 g/mol. The van der Waals surface area contributed by atoms with E-state index in [1.807, 2.05) is 30.0 Å². The van der Waals surface area contributed by atoms with Crippen molar-refractivity contribution >= 4 is 50.5 Å². The number of hydrogen-bond donors (Lipinski definition) is 1. The molecule has 0 radical (unpaired) electrons. The van der Waals surface area contributed by atoms with Crippen LogP contribution in [0.4, 0.5) is 0 Å². The van der Waals surface area contributed by atoms with Gasteiger partial charge in [0.1, 0.15) is 0 Å². The molecule has 0 saturated carbocycles. The smallest absolute Gasteiger partial charge is 0.333 e. The monoisotopic (exact) mass is 525 g/mol. The van der Waals surface area contributed by atoms with Gasteiger partial charge in [0, 0.05) is 40.2 Å². The van der Waals surface area contributed by atoms with E-state index in [4.69, 9.17) is 9.72 Å². The van der Waals surface area contributed by atoms with Crippen LogP contribution in [0.3, 0.4) is 0 Å². The van der Waals surface area contributed by atoms with Crippen molar-refractivity contribution in [3.63, 3.8) is 0 Å². The number of aromatic nitrogens is 1. The first-order chi connectivity index (χ1) is 17.1. The molecule has 4 rings (SSSR count). The van der Waals surface area contributed by atoms with Crippen molar-refractivity contribution in [1.82, 2.24) is 4.98 Å². The minimum Gasteiger partial charge on any atom is -0.479 e. The molecule has 0 fully saturated rings. The van der Waals surface area contributed by atoms with Crippen LogP contribution in [0, 0.1) is 0 Å².